The number of carbonyl (C=O) groups excluding carboxylic acids is 3. The molecular formula is C27H34O9. The zero-order valence-corrected chi connectivity index (χ0v) is 20.9. The van der Waals surface area contributed by atoms with Crippen molar-refractivity contribution in [3.8, 4) is 0 Å². The van der Waals surface area contributed by atoms with Crippen molar-refractivity contribution < 1.29 is 43.4 Å². The SMILES string of the molecule is CCCCCc1ccc(C(=O)OOCOC(=O)OCOOC(=O)c2ccc(CCCCC)cc2)cc1. The van der Waals surface area contributed by atoms with Crippen LogP contribution in [-0.2, 0) is 41.9 Å². The molecule has 2 rings (SSSR count). The van der Waals surface area contributed by atoms with E-state index in [1.807, 2.05) is 24.3 Å². The van der Waals surface area contributed by atoms with Crippen molar-refractivity contribution >= 4 is 18.1 Å². The monoisotopic (exact) mass is 502 g/mol. The molecule has 0 amide bonds. The number of hydrogen-bond acceptors (Lipinski definition) is 9. The highest BCUT2D eigenvalue weighted by molar-refractivity contribution is 5.89. The third-order valence-corrected chi connectivity index (χ3v) is 5.24. The van der Waals surface area contributed by atoms with Crippen molar-refractivity contribution in [1.82, 2.24) is 0 Å². The lowest BCUT2D eigenvalue weighted by Gasteiger charge is -2.07. The highest BCUT2D eigenvalue weighted by atomic mass is 17.2. The summed E-state index contributed by atoms with van der Waals surface area (Å²) in [5.41, 5.74) is 2.88. The van der Waals surface area contributed by atoms with E-state index in [4.69, 9.17) is 0 Å². The lowest BCUT2D eigenvalue weighted by atomic mass is 10.1. The summed E-state index contributed by atoms with van der Waals surface area (Å²) in [7, 11) is 0. The van der Waals surface area contributed by atoms with Crippen molar-refractivity contribution in [2.24, 2.45) is 0 Å². The Morgan fingerprint density at radius 2 is 0.972 bits per heavy atom. The zero-order chi connectivity index (χ0) is 26.0. The van der Waals surface area contributed by atoms with Crippen LogP contribution in [0.2, 0.25) is 0 Å². The quantitative estimate of drug-likeness (QED) is 0.0885. The topological polar surface area (TPSA) is 107 Å². The van der Waals surface area contributed by atoms with E-state index in [-0.39, 0.29) is 0 Å². The normalized spacial score (nSPS) is 10.5. The molecule has 2 aromatic carbocycles. The number of aryl methyl sites for hydroxylation is 2. The van der Waals surface area contributed by atoms with Gasteiger partial charge in [-0.3, -0.25) is 9.78 Å². The van der Waals surface area contributed by atoms with E-state index in [0.717, 1.165) is 62.5 Å². The maximum Gasteiger partial charge on any atom is 0.512 e. The van der Waals surface area contributed by atoms with Crippen LogP contribution in [0, 0.1) is 0 Å². The standard InChI is InChI=1S/C27H34O9/c1-3-5-7-9-21-11-15-23(16-12-21)25(28)35-33-19-31-27(30)32-20-34-36-26(29)24-17-13-22(14-18-24)10-8-6-4-2/h11-18H,3-10,19-20H2,1-2H3. The van der Waals surface area contributed by atoms with Gasteiger partial charge in [-0.15, -0.1) is 9.78 Å². The first-order valence-electron chi connectivity index (χ1n) is 12.2. The second-order valence-electron chi connectivity index (χ2n) is 8.06. The van der Waals surface area contributed by atoms with E-state index in [1.165, 1.54) is 0 Å². The fraction of sp³-hybridized carbons (Fsp3) is 0.444. The van der Waals surface area contributed by atoms with E-state index in [2.05, 4.69) is 42.9 Å². The van der Waals surface area contributed by atoms with Gasteiger partial charge in [-0.2, -0.15) is 0 Å². The Hall–Kier alpha value is -3.43. The second kappa shape index (κ2) is 17.1. The van der Waals surface area contributed by atoms with Crippen molar-refractivity contribution in [3.05, 3.63) is 70.8 Å². The molecule has 0 spiro atoms. The molecule has 0 bridgehead atoms. The van der Waals surface area contributed by atoms with Crippen LogP contribution in [0.3, 0.4) is 0 Å². The minimum atomic E-state index is -1.17. The Morgan fingerprint density at radius 1 is 0.583 bits per heavy atom. The lowest BCUT2D eigenvalue weighted by Crippen LogP contribution is -2.15. The molecule has 0 aliphatic heterocycles. The molecule has 9 heteroatoms. The molecule has 9 nitrogen and oxygen atoms in total. The number of unbranched alkanes of at least 4 members (excludes halogenated alkanes) is 4. The highest BCUT2D eigenvalue weighted by Gasteiger charge is 2.12. The molecule has 0 aliphatic carbocycles. The largest absolute Gasteiger partial charge is 0.512 e. The summed E-state index contributed by atoms with van der Waals surface area (Å²) in [4.78, 5) is 53.7. The van der Waals surface area contributed by atoms with E-state index >= 15 is 0 Å². The molecule has 0 heterocycles. The molecule has 0 saturated carbocycles. The van der Waals surface area contributed by atoms with Gasteiger partial charge in [-0.25, -0.2) is 14.4 Å². The molecule has 2 aromatic rings. The van der Waals surface area contributed by atoms with Crippen LogP contribution >= 0.6 is 0 Å². The molecule has 0 saturated heterocycles. The van der Waals surface area contributed by atoms with Crippen molar-refractivity contribution in [2.45, 2.75) is 65.2 Å². The molecular weight excluding hydrogens is 468 g/mol. The number of hydrogen-bond donors (Lipinski definition) is 0. The summed E-state index contributed by atoms with van der Waals surface area (Å²) < 4.78 is 9.13. The first-order chi connectivity index (χ1) is 17.5. The van der Waals surface area contributed by atoms with Gasteiger partial charge in [0.25, 0.3) is 0 Å². The molecule has 0 N–H and O–H groups in total. The van der Waals surface area contributed by atoms with Crippen LogP contribution in [0.4, 0.5) is 4.79 Å². The van der Waals surface area contributed by atoms with Crippen molar-refractivity contribution in [1.29, 1.82) is 0 Å². The summed E-state index contributed by atoms with van der Waals surface area (Å²) in [6.45, 7) is 2.90. The fourth-order valence-corrected chi connectivity index (χ4v) is 3.21. The summed E-state index contributed by atoms with van der Waals surface area (Å²) in [5.74, 6) is -1.45. The molecule has 0 radical (unpaired) electrons. The van der Waals surface area contributed by atoms with Gasteiger partial charge in [0.05, 0.1) is 11.1 Å². The summed E-state index contributed by atoms with van der Waals surface area (Å²) >= 11 is 0. The Balaban J connectivity index is 1.55. The summed E-state index contributed by atoms with van der Waals surface area (Å²) in [6, 6.07) is 14.0. The fourth-order valence-electron chi connectivity index (χ4n) is 3.21. The van der Waals surface area contributed by atoms with E-state index in [0.29, 0.717) is 11.1 Å². The van der Waals surface area contributed by atoms with Crippen LogP contribution in [0.25, 0.3) is 0 Å². The molecule has 0 atom stereocenters. The van der Waals surface area contributed by atoms with Gasteiger partial charge in [0.2, 0.25) is 13.6 Å². The minimum Gasteiger partial charge on any atom is -0.403 e. The van der Waals surface area contributed by atoms with Crippen LogP contribution in [0.5, 0.6) is 0 Å². The van der Waals surface area contributed by atoms with Gasteiger partial charge < -0.3 is 9.47 Å². The molecule has 36 heavy (non-hydrogen) atoms. The third kappa shape index (κ3) is 11.3. The van der Waals surface area contributed by atoms with Crippen LogP contribution in [0.15, 0.2) is 48.5 Å². The van der Waals surface area contributed by atoms with E-state index in [9.17, 15) is 14.4 Å². The van der Waals surface area contributed by atoms with Gasteiger partial charge >= 0.3 is 18.1 Å². The predicted molar refractivity (Wildman–Crippen MR) is 130 cm³/mol. The molecule has 196 valence electrons. The molecule has 0 fully saturated rings. The Morgan fingerprint density at radius 3 is 1.33 bits per heavy atom. The highest BCUT2D eigenvalue weighted by Crippen LogP contribution is 2.11. The van der Waals surface area contributed by atoms with Crippen molar-refractivity contribution in [3.63, 3.8) is 0 Å². The summed E-state index contributed by atoms with van der Waals surface area (Å²) in [6.07, 6.45) is 7.52. The van der Waals surface area contributed by atoms with Crippen LogP contribution in [0.1, 0.15) is 84.2 Å². The number of ether oxygens (including phenoxy) is 2. The van der Waals surface area contributed by atoms with Crippen molar-refractivity contribution in [2.75, 3.05) is 13.6 Å². The second-order valence-corrected chi connectivity index (χ2v) is 8.06. The minimum absolute atomic E-state index is 0.304. The number of carbonyl (C=O) groups is 3. The van der Waals surface area contributed by atoms with Gasteiger partial charge in [-0.05, 0) is 61.1 Å². The molecule has 0 aliphatic rings. The first-order valence-corrected chi connectivity index (χ1v) is 12.2. The predicted octanol–water partition coefficient (Wildman–Crippen LogP) is 6.10. The number of rotatable bonds is 16. The Bertz CT molecular complexity index is 848. The Kier molecular flexibility index (Phi) is 13.7. The maximum absolute atomic E-state index is 11.9. The van der Waals surface area contributed by atoms with Crippen LogP contribution < -0.4 is 0 Å². The maximum atomic E-state index is 11.9. The third-order valence-electron chi connectivity index (χ3n) is 5.24. The molecule has 0 unspecified atom stereocenters. The smallest absolute Gasteiger partial charge is 0.403 e. The van der Waals surface area contributed by atoms with Gasteiger partial charge in [0.1, 0.15) is 0 Å². The lowest BCUT2D eigenvalue weighted by molar-refractivity contribution is -0.297. The zero-order valence-electron chi connectivity index (χ0n) is 20.9. The van der Waals surface area contributed by atoms with Gasteiger partial charge in [0.15, 0.2) is 0 Å². The van der Waals surface area contributed by atoms with Crippen LogP contribution in [-0.4, -0.2) is 31.7 Å². The number of benzene rings is 2. The van der Waals surface area contributed by atoms with E-state index < -0.39 is 31.7 Å². The first kappa shape index (κ1) is 28.8. The Labute approximate surface area is 211 Å². The molecule has 0 aromatic heterocycles. The average molecular weight is 503 g/mol. The summed E-state index contributed by atoms with van der Waals surface area (Å²) in [5, 5.41) is 0. The average Bonchev–Trinajstić information content (AvgIpc) is 2.90. The van der Waals surface area contributed by atoms with Gasteiger partial charge in [0, 0.05) is 0 Å². The van der Waals surface area contributed by atoms with E-state index in [1.54, 1.807) is 24.3 Å². The van der Waals surface area contributed by atoms with Gasteiger partial charge in [-0.1, -0.05) is 63.8 Å².